The smallest absolute Gasteiger partial charge is 0.243 e. The van der Waals surface area contributed by atoms with Crippen LogP contribution in [0.15, 0.2) is 89.8 Å². The SMILES string of the molecule is Cc1ccc(S(=O)(=O)N(CC(=O)N2CC[NH+](C(c3ccccc3)c3ccccc3)CC2)C2CCCCC2)cc1. The van der Waals surface area contributed by atoms with Crippen molar-refractivity contribution in [3.63, 3.8) is 0 Å². The number of benzene rings is 3. The minimum Gasteiger partial charge on any atom is -0.330 e. The van der Waals surface area contributed by atoms with E-state index in [4.69, 9.17) is 0 Å². The fraction of sp³-hybridized carbons (Fsp3) is 0.406. The van der Waals surface area contributed by atoms with Gasteiger partial charge in [0.1, 0.15) is 6.04 Å². The summed E-state index contributed by atoms with van der Waals surface area (Å²) in [4.78, 5) is 17.2. The Balaban J connectivity index is 1.31. The van der Waals surface area contributed by atoms with Crippen LogP contribution in [0, 0.1) is 6.92 Å². The number of nitrogens with one attached hydrogen (secondary N) is 1. The van der Waals surface area contributed by atoms with E-state index in [9.17, 15) is 13.2 Å². The first-order valence-electron chi connectivity index (χ1n) is 14.2. The molecule has 1 saturated heterocycles. The zero-order valence-electron chi connectivity index (χ0n) is 22.8. The van der Waals surface area contributed by atoms with Crippen LogP contribution in [0.3, 0.4) is 0 Å². The topological polar surface area (TPSA) is 62.1 Å². The van der Waals surface area contributed by atoms with Gasteiger partial charge in [0.05, 0.1) is 37.6 Å². The molecule has 6 nitrogen and oxygen atoms in total. The first-order valence-corrected chi connectivity index (χ1v) is 15.7. The van der Waals surface area contributed by atoms with Crippen molar-refractivity contribution in [2.75, 3.05) is 32.7 Å². The highest BCUT2D eigenvalue weighted by atomic mass is 32.2. The Morgan fingerprint density at radius 3 is 1.92 bits per heavy atom. The molecule has 1 heterocycles. The molecule has 3 aromatic carbocycles. The predicted molar refractivity (Wildman–Crippen MR) is 154 cm³/mol. The summed E-state index contributed by atoms with van der Waals surface area (Å²) < 4.78 is 29.0. The van der Waals surface area contributed by atoms with Crippen molar-refractivity contribution < 1.29 is 18.1 Å². The Morgan fingerprint density at radius 1 is 0.846 bits per heavy atom. The summed E-state index contributed by atoms with van der Waals surface area (Å²) in [6, 6.07) is 28.2. The third-order valence-electron chi connectivity index (χ3n) is 8.33. The molecule has 206 valence electrons. The Kier molecular flexibility index (Phi) is 8.80. The van der Waals surface area contributed by atoms with E-state index in [-0.39, 0.29) is 29.4 Å². The monoisotopic (exact) mass is 546 g/mol. The number of hydrogen-bond donors (Lipinski definition) is 1. The van der Waals surface area contributed by atoms with Crippen LogP contribution in [-0.2, 0) is 14.8 Å². The zero-order chi connectivity index (χ0) is 27.2. The van der Waals surface area contributed by atoms with Crippen molar-refractivity contribution in [3.8, 4) is 0 Å². The van der Waals surface area contributed by atoms with Crippen molar-refractivity contribution in [1.29, 1.82) is 0 Å². The van der Waals surface area contributed by atoms with E-state index in [1.165, 1.54) is 20.3 Å². The van der Waals surface area contributed by atoms with Crippen LogP contribution in [-0.4, -0.2) is 62.3 Å². The Hall–Kier alpha value is -3.00. The van der Waals surface area contributed by atoms with Gasteiger partial charge in [0.15, 0.2) is 0 Å². The summed E-state index contributed by atoms with van der Waals surface area (Å²) >= 11 is 0. The number of quaternary nitrogens is 1. The number of carbonyl (C=O) groups excluding carboxylic acids is 1. The van der Waals surface area contributed by atoms with E-state index in [0.717, 1.165) is 50.8 Å². The van der Waals surface area contributed by atoms with E-state index in [0.29, 0.717) is 13.1 Å². The highest BCUT2D eigenvalue weighted by molar-refractivity contribution is 7.89. The predicted octanol–water partition coefficient (Wildman–Crippen LogP) is 3.84. The third-order valence-corrected chi connectivity index (χ3v) is 10.2. The second-order valence-corrected chi connectivity index (χ2v) is 12.8. The summed E-state index contributed by atoms with van der Waals surface area (Å²) in [5, 5.41) is 0. The first kappa shape index (κ1) is 27.6. The standard InChI is InChI=1S/C32H39N3O3S/c1-26-17-19-30(20-18-26)39(37,38)35(29-15-9-4-10-16-29)25-31(36)33-21-23-34(24-22-33)32(27-11-5-2-6-12-27)28-13-7-3-8-14-28/h2-3,5-8,11-14,17-20,29,32H,4,9-10,15-16,21-25H2,1H3/p+1. The summed E-state index contributed by atoms with van der Waals surface area (Å²) in [5.41, 5.74) is 3.55. The molecule has 0 aromatic heterocycles. The lowest BCUT2D eigenvalue weighted by Crippen LogP contribution is -3.15. The van der Waals surface area contributed by atoms with E-state index >= 15 is 0 Å². The molecule has 7 heteroatoms. The molecule has 0 spiro atoms. The van der Waals surface area contributed by atoms with Gasteiger partial charge in [-0.1, -0.05) is 97.6 Å². The average Bonchev–Trinajstić information content (AvgIpc) is 2.98. The lowest BCUT2D eigenvalue weighted by Gasteiger charge is -2.38. The van der Waals surface area contributed by atoms with Crippen molar-refractivity contribution in [3.05, 3.63) is 102 Å². The maximum atomic E-state index is 13.8. The van der Waals surface area contributed by atoms with Gasteiger partial charge in [0.2, 0.25) is 15.9 Å². The quantitative estimate of drug-likeness (QED) is 0.467. The first-order chi connectivity index (χ1) is 18.9. The maximum absolute atomic E-state index is 13.8. The van der Waals surface area contributed by atoms with Crippen molar-refractivity contribution in [1.82, 2.24) is 9.21 Å². The normalized spacial score (nSPS) is 17.6. The molecule has 1 aliphatic carbocycles. The number of aryl methyl sites for hydroxylation is 1. The molecule has 1 saturated carbocycles. The Bertz CT molecular complexity index is 1280. The summed E-state index contributed by atoms with van der Waals surface area (Å²) in [5.74, 6) is -0.0914. The molecular weight excluding hydrogens is 506 g/mol. The number of nitrogens with zero attached hydrogens (tertiary/aromatic N) is 2. The molecule has 0 bridgehead atoms. The molecule has 1 amide bonds. The minimum absolute atomic E-state index is 0.0863. The van der Waals surface area contributed by atoms with Gasteiger partial charge >= 0.3 is 0 Å². The van der Waals surface area contributed by atoms with Crippen LogP contribution in [0.2, 0.25) is 0 Å². The largest absolute Gasteiger partial charge is 0.330 e. The lowest BCUT2D eigenvalue weighted by atomic mass is 9.95. The number of amides is 1. The summed E-state index contributed by atoms with van der Waals surface area (Å²) in [6.45, 7) is 4.72. The van der Waals surface area contributed by atoms with E-state index in [1.807, 2.05) is 36.1 Å². The summed E-state index contributed by atoms with van der Waals surface area (Å²) in [6.07, 6.45) is 4.75. The van der Waals surface area contributed by atoms with Gasteiger partial charge in [0.25, 0.3) is 0 Å². The van der Waals surface area contributed by atoms with Gasteiger partial charge < -0.3 is 9.80 Å². The fourth-order valence-electron chi connectivity index (χ4n) is 6.15. The van der Waals surface area contributed by atoms with Gasteiger partial charge in [-0.2, -0.15) is 4.31 Å². The maximum Gasteiger partial charge on any atom is 0.243 e. The van der Waals surface area contributed by atoms with Crippen molar-refractivity contribution in [2.24, 2.45) is 0 Å². The molecule has 5 rings (SSSR count). The van der Waals surface area contributed by atoms with Crippen LogP contribution >= 0.6 is 0 Å². The van der Waals surface area contributed by atoms with Gasteiger partial charge in [-0.25, -0.2) is 8.42 Å². The Labute approximate surface area is 233 Å². The van der Waals surface area contributed by atoms with E-state index in [1.54, 1.807) is 12.1 Å². The molecule has 0 radical (unpaired) electrons. The van der Waals surface area contributed by atoms with Crippen LogP contribution in [0.5, 0.6) is 0 Å². The third kappa shape index (κ3) is 6.43. The molecule has 2 fully saturated rings. The van der Waals surface area contributed by atoms with Crippen LogP contribution in [0.1, 0.15) is 54.8 Å². The molecular formula is C32H40N3O3S+. The molecule has 2 aliphatic rings. The number of rotatable bonds is 8. The molecule has 0 unspecified atom stereocenters. The average molecular weight is 547 g/mol. The highest BCUT2D eigenvalue weighted by Crippen LogP contribution is 2.28. The van der Waals surface area contributed by atoms with Crippen LogP contribution in [0.4, 0.5) is 0 Å². The van der Waals surface area contributed by atoms with Gasteiger partial charge in [-0.3, -0.25) is 4.79 Å². The number of carbonyl (C=O) groups is 1. The van der Waals surface area contributed by atoms with E-state index in [2.05, 4.69) is 48.5 Å². The summed E-state index contributed by atoms with van der Waals surface area (Å²) in [7, 11) is -3.77. The number of piperazine rings is 1. The number of sulfonamides is 1. The zero-order valence-corrected chi connectivity index (χ0v) is 23.7. The molecule has 1 aliphatic heterocycles. The van der Waals surface area contributed by atoms with Crippen LogP contribution in [0.25, 0.3) is 0 Å². The fourth-order valence-corrected chi connectivity index (χ4v) is 7.78. The van der Waals surface area contributed by atoms with Crippen molar-refractivity contribution in [2.45, 2.75) is 56.0 Å². The molecule has 1 N–H and O–H groups in total. The van der Waals surface area contributed by atoms with Gasteiger partial charge in [0, 0.05) is 17.2 Å². The van der Waals surface area contributed by atoms with E-state index < -0.39 is 10.0 Å². The highest BCUT2D eigenvalue weighted by Gasteiger charge is 2.37. The Morgan fingerprint density at radius 2 is 1.38 bits per heavy atom. The van der Waals surface area contributed by atoms with Gasteiger partial charge in [-0.05, 0) is 31.9 Å². The van der Waals surface area contributed by atoms with Gasteiger partial charge in [-0.15, -0.1) is 0 Å². The molecule has 39 heavy (non-hydrogen) atoms. The van der Waals surface area contributed by atoms with Crippen molar-refractivity contribution >= 4 is 15.9 Å². The lowest BCUT2D eigenvalue weighted by molar-refractivity contribution is -0.929. The second-order valence-electron chi connectivity index (χ2n) is 10.9. The molecule has 3 aromatic rings. The minimum atomic E-state index is -3.77. The van der Waals surface area contributed by atoms with Crippen LogP contribution < -0.4 is 4.90 Å². The molecule has 0 atom stereocenters. The second kappa shape index (κ2) is 12.5. The number of hydrogen-bond acceptors (Lipinski definition) is 3.